The Bertz CT molecular complexity index is 1100. The van der Waals surface area contributed by atoms with Crippen LogP contribution in [0.5, 0.6) is 28.7 Å². The van der Waals surface area contributed by atoms with Gasteiger partial charge in [0.1, 0.15) is 36.6 Å². The molecule has 0 saturated heterocycles. The van der Waals surface area contributed by atoms with Crippen molar-refractivity contribution in [3.63, 3.8) is 0 Å². The number of aryl methyl sites for hydroxylation is 1. The summed E-state index contributed by atoms with van der Waals surface area (Å²) in [5.74, 6) is 0.924. The maximum Gasteiger partial charge on any atom is 0.162 e. The average molecular weight is 453 g/mol. The lowest BCUT2D eigenvalue weighted by Crippen LogP contribution is -2.30. The highest BCUT2D eigenvalue weighted by Crippen LogP contribution is 2.43. The Labute approximate surface area is 191 Å². The second kappa shape index (κ2) is 9.97. The van der Waals surface area contributed by atoms with Crippen LogP contribution in [0.1, 0.15) is 35.4 Å². The van der Waals surface area contributed by atoms with Crippen LogP contribution in [0.4, 0.5) is 0 Å². The third kappa shape index (κ3) is 5.13. The van der Waals surface area contributed by atoms with Crippen molar-refractivity contribution < 1.29 is 34.6 Å². The maximum atomic E-state index is 10.7. The number of aliphatic hydroxyl groups excluding tert-OH is 2. The van der Waals surface area contributed by atoms with E-state index in [1.165, 1.54) is 12.1 Å². The summed E-state index contributed by atoms with van der Waals surface area (Å²) in [5, 5.41) is 39.7. The van der Waals surface area contributed by atoms with Gasteiger partial charge in [0.2, 0.25) is 0 Å². The highest BCUT2D eigenvalue weighted by molar-refractivity contribution is 5.52. The Kier molecular flexibility index (Phi) is 6.86. The molecule has 2 atom stereocenters. The molecule has 2 unspecified atom stereocenters. The van der Waals surface area contributed by atoms with Gasteiger partial charge in [-0.25, -0.2) is 0 Å². The van der Waals surface area contributed by atoms with Crippen LogP contribution in [-0.4, -0.2) is 44.7 Å². The summed E-state index contributed by atoms with van der Waals surface area (Å²) < 4.78 is 17.5. The molecular formula is C25H27NO7. The van der Waals surface area contributed by atoms with E-state index in [4.69, 9.17) is 19.3 Å². The number of hydrogen-bond acceptors (Lipinski definition) is 8. The molecular weight excluding hydrogens is 426 g/mol. The second-order valence-electron chi connectivity index (χ2n) is 7.83. The molecule has 4 rings (SSSR count). The van der Waals surface area contributed by atoms with Crippen molar-refractivity contribution in [3.05, 3.63) is 71.0 Å². The van der Waals surface area contributed by atoms with Gasteiger partial charge in [-0.05, 0) is 35.7 Å². The Morgan fingerprint density at radius 2 is 1.91 bits per heavy atom. The summed E-state index contributed by atoms with van der Waals surface area (Å²) in [4.78, 5) is 4.40. The number of pyridine rings is 1. The first-order valence-corrected chi connectivity index (χ1v) is 10.8. The Morgan fingerprint density at radius 3 is 2.64 bits per heavy atom. The molecule has 0 saturated carbocycles. The number of ether oxygens (including phenoxy) is 3. The van der Waals surface area contributed by atoms with E-state index in [9.17, 15) is 15.3 Å². The number of benzene rings is 2. The number of rotatable bonds is 8. The van der Waals surface area contributed by atoms with Crippen LogP contribution >= 0.6 is 0 Å². The van der Waals surface area contributed by atoms with E-state index in [-0.39, 0.29) is 37.7 Å². The largest absolute Gasteiger partial charge is 0.508 e. The molecule has 0 spiro atoms. The molecule has 1 aliphatic heterocycles. The van der Waals surface area contributed by atoms with Crippen LogP contribution in [0.3, 0.4) is 0 Å². The zero-order chi connectivity index (χ0) is 23.4. The fourth-order valence-corrected chi connectivity index (χ4v) is 3.74. The molecule has 8 heteroatoms. The van der Waals surface area contributed by atoms with Gasteiger partial charge in [0.05, 0.1) is 18.4 Å². The summed E-state index contributed by atoms with van der Waals surface area (Å²) >= 11 is 0. The molecule has 1 aromatic heterocycles. The fourth-order valence-electron chi connectivity index (χ4n) is 3.74. The van der Waals surface area contributed by atoms with Crippen LogP contribution < -0.4 is 14.2 Å². The van der Waals surface area contributed by atoms with Gasteiger partial charge in [0.25, 0.3) is 0 Å². The minimum atomic E-state index is -0.923. The van der Waals surface area contributed by atoms with Gasteiger partial charge in [0, 0.05) is 30.3 Å². The second-order valence-corrected chi connectivity index (χ2v) is 7.83. The molecule has 3 aromatic rings. The predicted molar refractivity (Wildman–Crippen MR) is 120 cm³/mol. The number of aromatic hydroxyl groups is 2. The maximum absolute atomic E-state index is 10.7. The number of phenolic OH excluding ortho intramolecular Hbond substituents is 2. The van der Waals surface area contributed by atoms with E-state index < -0.39 is 12.2 Å². The smallest absolute Gasteiger partial charge is 0.162 e. The van der Waals surface area contributed by atoms with Crippen molar-refractivity contribution in [1.29, 1.82) is 0 Å². The molecule has 8 nitrogen and oxygen atoms in total. The number of fused-ring (bicyclic) bond motifs is 1. The quantitative estimate of drug-likeness (QED) is 0.411. The molecule has 1 aliphatic rings. The minimum Gasteiger partial charge on any atom is -0.508 e. The van der Waals surface area contributed by atoms with Crippen molar-refractivity contribution in [3.8, 4) is 28.7 Å². The molecule has 0 bridgehead atoms. The SMILES string of the molecule is CCc1ccc(COc2cc(C3Oc4cc(O)cc(O)c4CC3O)ccc2OCCO)nc1. The Hall–Kier alpha value is -3.49. The lowest BCUT2D eigenvalue weighted by Gasteiger charge is -2.31. The van der Waals surface area contributed by atoms with E-state index in [1.54, 1.807) is 18.2 Å². The minimum absolute atomic E-state index is 0.105. The van der Waals surface area contributed by atoms with E-state index in [1.807, 2.05) is 18.3 Å². The molecule has 2 heterocycles. The van der Waals surface area contributed by atoms with Crippen molar-refractivity contribution in [2.24, 2.45) is 0 Å². The van der Waals surface area contributed by atoms with Crippen molar-refractivity contribution in [2.75, 3.05) is 13.2 Å². The molecule has 2 aromatic carbocycles. The molecule has 0 radical (unpaired) electrons. The first-order valence-electron chi connectivity index (χ1n) is 10.8. The number of aliphatic hydroxyl groups is 2. The van der Waals surface area contributed by atoms with E-state index >= 15 is 0 Å². The summed E-state index contributed by atoms with van der Waals surface area (Å²) in [6.07, 6.45) is 1.21. The first-order chi connectivity index (χ1) is 16.0. The molecule has 4 N–H and O–H groups in total. The third-order valence-corrected chi connectivity index (χ3v) is 5.50. The Balaban J connectivity index is 1.59. The predicted octanol–water partition coefficient (Wildman–Crippen LogP) is 3.04. The highest BCUT2D eigenvalue weighted by Gasteiger charge is 2.32. The van der Waals surface area contributed by atoms with Gasteiger partial charge in [-0.3, -0.25) is 4.98 Å². The molecule has 0 amide bonds. The third-order valence-electron chi connectivity index (χ3n) is 5.50. The summed E-state index contributed by atoms with van der Waals surface area (Å²) in [7, 11) is 0. The van der Waals surface area contributed by atoms with Gasteiger partial charge in [-0.15, -0.1) is 0 Å². The zero-order valence-corrected chi connectivity index (χ0v) is 18.3. The van der Waals surface area contributed by atoms with Crippen LogP contribution in [-0.2, 0) is 19.4 Å². The van der Waals surface area contributed by atoms with E-state index in [2.05, 4.69) is 11.9 Å². The molecule has 174 valence electrons. The number of aromatic nitrogens is 1. The van der Waals surface area contributed by atoms with Crippen LogP contribution in [0.25, 0.3) is 0 Å². The lowest BCUT2D eigenvalue weighted by atomic mass is 9.94. The molecule has 33 heavy (non-hydrogen) atoms. The zero-order valence-electron chi connectivity index (χ0n) is 18.3. The fraction of sp³-hybridized carbons (Fsp3) is 0.320. The molecule has 0 fully saturated rings. The average Bonchev–Trinajstić information content (AvgIpc) is 2.82. The first kappa shape index (κ1) is 22.7. The van der Waals surface area contributed by atoms with Gasteiger partial charge in [0.15, 0.2) is 11.5 Å². The van der Waals surface area contributed by atoms with Crippen molar-refractivity contribution in [1.82, 2.24) is 4.98 Å². The van der Waals surface area contributed by atoms with Crippen LogP contribution in [0.15, 0.2) is 48.7 Å². The van der Waals surface area contributed by atoms with Crippen LogP contribution in [0.2, 0.25) is 0 Å². The Morgan fingerprint density at radius 1 is 1.06 bits per heavy atom. The number of nitrogens with zero attached hydrogens (tertiary/aromatic N) is 1. The van der Waals surface area contributed by atoms with Crippen LogP contribution in [0, 0.1) is 0 Å². The monoisotopic (exact) mass is 453 g/mol. The van der Waals surface area contributed by atoms with Crippen molar-refractivity contribution in [2.45, 2.75) is 38.6 Å². The number of phenols is 2. The number of hydrogen-bond donors (Lipinski definition) is 4. The highest BCUT2D eigenvalue weighted by atomic mass is 16.5. The topological polar surface area (TPSA) is 122 Å². The summed E-state index contributed by atoms with van der Waals surface area (Å²) in [6.45, 7) is 2.23. The van der Waals surface area contributed by atoms with Gasteiger partial charge in [-0.2, -0.15) is 0 Å². The van der Waals surface area contributed by atoms with Gasteiger partial charge >= 0.3 is 0 Å². The summed E-state index contributed by atoms with van der Waals surface area (Å²) in [6, 6.07) is 11.7. The van der Waals surface area contributed by atoms with E-state index in [0.717, 1.165) is 17.7 Å². The lowest BCUT2D eigenvalue weighted by molar-refractivity contribution is 0.0196. The van der Waals surface area contributed by atoms with Gasteiger partial charge < -0.3 is 34.6 Å². The van der Waals surface area contributed by atoms with E-state index in [0.29, 0.717) is 28.4 Å². The standard InChI is InChI=1S/C25H27NO7/c1-2-15-3-5-17(26-13-15)14-32-24-9-16(4-6-22(24)31-8-7-27)25-21(30)12-19-20(29)10-18(28)11-23(19)33-25/h3-6,9-11,13,21,25,27-30H,2,7-8,12,14H2,1H3. The van der Waals surface area contributed by atoms with Crippen molar-refractivity contribution >= 4 is 0 Å². The van der Waals surface area contributed by atoms with Gasteiger partial charge in [-0.1, -0.05) is 19.1 Å². The normalized spacial score (nSPS) is 17.2. The summed E-state index contributed by atoms with van der Waals surface area (Å²) in [5.41, 5.74) is 2.96. The molecule has 0 aliphatic carbocycles.